The summed E-state index contributed by atoms with van der Waals surface area (Å²) >= 11 is 1.59. The van der Waals surface area contributed by atoms with Gasteiger partial charge in [-0.2, -0.15) is 4.98 Å². The van der Waals surface area contributed by atoms with Crippen LogP contribution in [0.3, 0.4) is 0 Å². The topological polar surface area (TPSA) is 91.7 Å². The molecule has 0 radical (unpaired) electrons. The number of hydrogen-bond acceptors (Lipinski definition) is 7. The number of fused-ring (bicyclic) bond motifs is 1. The van der Waals surface area contributed by atoms with Crippen LogP contribution in [0.1, 0.15) is 23.7 Å². The molecule has 0 aliphatic rings. The summed E-state index contributed by atoms with van der Waals surface area (Å²) in [5.41, 5.74) is 8.23. The first-order valence-electron chi connectivity index (χ1n) is 6.06. The van der Waals surface area contributed by atoms with Crippen molar-refractivity contribution in [3.8, 4) is 5.88 Å². The minimum atomic E-state index is -0.0432. The van der Waals surface area contributed by atoms with Crippen LogP contribution < -0.4 is 10.5 Å². The van der Waals surface area contributed by atoms with Gasteiger partial charge in [0.05, 0.1) is 13.2 Å². The number of nitrogens with zero attached hydrogens (tertiary/aromatic N) is 5. The van der Waals surface area contributed by atoms with Gasteiger partial charge in [-0.25, -0.2) is 15.0 Å². The van der Waals surface area contributed by atoms with Gasteiger partial charge in [-0.15, -0.1) is 11.3 Å². The second-order valence-electron chi connectivity index (χ2n) is 4.40. The van der Waals surface area contributed by atoms with Gasteiger partial charge in [0.1, 0.15) is 11.3 Å². The number of methoxy groups -OCH3 is 1. The Hall–Kier alpha value is -2.22. The van der Waals surface area contributed by atoms with Gasteiger partial charge >= 0.3 is 0 Å². The molecule has 0 spiro atoms. The molecule has 8 heteroatoms. The Bertz CT molecular complexity index is 764. The molecular formula is C12H14N6OS. The van der Waals surface area contributed by atoms with E-state index in [1.807, 2.05) is 23.8 Å². The number of nitrogen functional groups attached to an aromatic ring is 1. The van der Waals surface area contributed by atoms with Gasteiger partial charge in [0.25, 0.3) is 0 Å². The van der Waals surface area contributed by atoms with Gasteiger partial charge in [0.2, 0.25) is 11.8 Å². The molecule has 0 saturated carbocycles. The van der Waals surface area contributed by atoms with Crippen molar-refractivity contribution < 1.29 is 4.74 Å². The van der Waals surface area contributed by atoms with Crippen LogP contribution in [0.15, 0.2) is 11.7 Å². The molecule has 0 aliphatic carbocycles. The van der Waals surface area contributed by atoms with Crippen molar-refractivity contribution in [3.05, 3.63) is 22.4 Å². The van der Waals surface area contributed by atoms with Crippen LogP contribution in [-0.4, -0.2) is 31.6 Å². The van der Waals surface area contributed by atoms with Crippen LogP contribution >= 0.6 is 11.3 Å². The number of ether oxygens (including phenoxy) is 1. The van der Waals surface area contributed by atoms with E-state index < -0.39 is 0 Å². The highest BCUT2D eigenvalue weighted by Gasteiger charge is 2.21. The minimum Gasteiger partial charge on any atom is -0.479 e. The van der Waals surface area contributed by atoms with Crippen LogP contribution in [0, 0.1) is 6.92 Å². The zero-order valence-electron chi connectivity index (χ0n) is 11.4. The molecule has 0 fully saturated rings. The van der Waals surface area contributed by atoms with E-state index in [2.05, 4.69) is 19.9 Å². The molecule has 0 amide bonds. The summed E-state index contributed by atoms with van der Waals surface area (Å²) in [4.78, 5) is 17.1. The van der Waals surface area contributed by atoms with Crippen molar-refractivity contribution in [1.29, 1.82) is 0 Å². The molecule has 1 atom stereocenters. The van der Waals surface area contributed by atoms with E-state index in [1.54, 1.807) is 18.4 Å². The van der Waals surface area contributed by atoms with Crippen molar-refractivity contribution in [2.45, 2.75) is 19.9 Å². The number of thiazole rings is 1. The Morgan fingerprint density at radius 3 is 2.80 bits per heavy atom. The van der Waals surface area contributed by atoms with Crippen LogP contribution in [0.25, 0.3) is 11.2 Å². The first kappa shape index (κ1) is 12.8. The van der Waals surface area contributed by atoms with E-state index in [4.69, 9.17) is 10.5 Å². The highest BCUT2D eigenvalue weighted by molar-refractivity contribution is 7.09. The largest absolute Gasteiger partial charge is 0.479 e. The lowest BCUT2D eigenvalue weighted by Gasteiger charge is -2.12. The molecule has 0 aliphatic heterocycles. The number of rotatable bonds is 3. The number of anilines is 1. The normalized spacial score (nSPS) is 12.8. The highest BCUT2D eigenvalue weighted by Crippen LogP contribution is 2.30. The zero-order chi connectivity index (χ0) is 14.3. The molecule has 0 aromatic carbocycles. The van der Waals surface area contributed by atoms with Crippen LogP contribution in [-0.2, 0) is 0 Å². The zero-order valence-corrected chi connectivity index (χ0v) is 12.2. The Morgan fingerprint density at radius 2 is 2.15 bits per heavy atom. The number of aryl methyl sites for hydroxylation is 1. The summed E-state index contributed by atoms with van der Waals surface area (Å²) in [6, 6.07) is -0.0432. The Labute approximate surface area is 119 Å². The third-order valence-corrected chi connectivity index (χ3v) is 4.18. The van der Waals surface area contributed by atoms with Crippen molar-refractivity contribution in [2.75, 3.05) is 12.8 Å². The van der Waals surface area contributed by atoms with E-state index in [1.165, 1.54) is 6.33 Å². The van der Waals surface area contributed by atoms with Gasteiger partial charge < -0.3 is 10.5 Å². The molecule has 104 valence electrons. The van der Waals surface area contributed by atoms with Crippen LogP contribution in [0.5, 0.6) is 5.88 Å². The van der Waals surface area contributed by atoms with Gasteiger partial charge in [0, 0.05) is 11.1 Å². The number of nitrogens with two attached hydrogens (primary N) is 1. The fraction of sp³-hybridized carbons (Fsp3) is 0.333. The average molecular weight is 290 g/mol. The molecule has 3 rings (SSSR count). The molecule has 3 heterocycles. The smallest absolute Gasteiger partial charge is 0.245 e. The first-order valence-corrected chi connectivity index (χ1v) is 6.94. The van der Waals surface area contributed by atoms with Gasteiger partial charge in [-0.3, -0.25) is 4.57 Å². The monoisotopic (exact) mass is 290 g/mol. The fourth-order valence-corrected chi connectivity index (χ4v) is 2.95. The van der Waals surface area contributed by atoms with Gasteiger partial charge in [0.15, 0.2) is 11.2 Å². The van der Waals surface area contributed by atoms with E-state index in [9.17, 15) is 0 Å². The van der Waals surface area contributed by atoms with E-state index in [0.29, 0.717) is 23.0 Å². The Balaban J connectivity index is 2.18. The third-order valence-electron chi connectivity index (χ3n) is 3.05. The van der Waals surface area contributed by atoms with Crippen molar-refractivity contribution in [3.63, 3.8) is 0 Å². The SMILES string of the molecule is COc1ncnc2c1nc(N)n2C(C)c1nc(C)cs1. The van der Waals surface area contributed by atoms with E-state index in [0.717, 1.165) is 10.7 Å². The lowest BCUT2D eigenvalue weighted by atomic mass is 10.3. The summed E-state index contributed by atoms with van der Waals surface area (Å²) in [5, 5.41) is 2.97. The number of imidazole rings is 1. The first-order chi connectivity index (χ1) is 9.61. The maximum absolute atomic E-state index is 6.03. The fourth-order valence-electron chi connectivity index (χ4n) is 2.11. The second kappa shape index (κ2) is 4.71. The highest BCUT2D eigenvalue weighted by atomic mass is 32.1. The predicted octanol–water partition coefficient (Wildman–Crippen LogP) is 1.79. The molecule has 3 aromatic heterocycles. The second-order valence-corrected chi connectivity index (χ2v) is 5.29. The predicted molar refractivity (Wildman–Crippen MR) is 77.0 cm³/mol. The molecule has 1 unspecified atom stereocenters. The summed E-state index contributed by atoms with van der Waals surface area (Å²) in [6.45, 7) is 3.98. The molecular weight excluding hydrogens is 276 g/mol. The lowest BCUT2D eigenvalue weighted by molar-refractivity contribution is 0.401. The lowest BCUT2D eigenvalue weighted by Crippen LogP contribution is -2.10. The molecule has 3 aromatic rings. The average Bonchev–Trinajstić information content (AvgIpc) is 3.00. The number of aromatic nitrogens is 5. The van der Waals surface area contributed by atoms with E-state index >= 15 is 0 Å². The Kier molecular flexibility index (Phi) is 3.01. The van der Waals surface area contributed by atoms with Crippen LogP contribution in [0.4, 0.5) is 5.95 Å². The molecule has 2 N–H and O–H groups in total. The van der Waals surface area contributed by atoms with Crippen LogP contribution in [0.2, 0.25) is 0 Å². The van der Waals surface area contributed by atoms with E-state index in [-0.39, 0.29) is 6.04 Å². The van der Waals surface area contributed by atoms with Gasteiger partial charge in [-0.1, -0.05) is 0 Å². The van der Waals surface area contributed by atoms with Crippen molar-refractivity contribution in [1.82, 2.24) is 24.5 Å². The quantitative estimate of drug-likeness (QED) is 0.790. The maximum atomic E-state index is 6.03. The standard InChI is InChI=1S/C12H14N6OS/c1-6-4-20-11(16-6)7(2)18-9-8(17-12(18)13)10(19-3)15-5-14-9/h4-5,7H,1-3H3,(H2,13,17). The summed E-state index contributed by atoms with van der Waals surface area (Å²) in [6.07, 6.45) is 1.44. The molecule has 0 bridgehead atoms. The Morgan fingerprint density at radius 1 is 1.35 bits per heavy atom. The summed E-state index contributed by atoms with van der Waals surface area (Å²) in [5.74, 6) is 0.794. The maximum Gasteiger partial charge on any atom is 0.245 e. The molecule has 0 saturated heterocycles. The van der Waals surface area contributed by atoms with Crippen molar-refractivity contribution >= 4 is 28.4 Å². The molecule has 20 heavy (non-hydrogen) atoms. The van der Waals surface area contributed by atoms with Gasteiger partial charge in [-0.05, 0) is 13.8 Å². The van der Waals surface area contributed by atoms with Crippen molar-refractivity contribution in [2.24, 2.45) is 0 Å². The minimum absolute atomic E-state index is 0.0432. The molecule has 7 nitrogen and oxygen atoms in total. The summed E-state index contributed by atoms with van der Waals surface area (Å²) < 4.78 is 7.03. The number of hydrogen-bond donors (Lipinski definition) is 1. The summed E-state index contributed by atoms with van der Waals surface area (Å²) in [7, 11) is 1.55. The third kappa shape index (κ3) is 1.88.